The van der Waals surface area contributed by atoms with Crippen LogP contribution >= 0.6 is 0 Å². The molecule has 0 aromatic heterocycles. The number of hydrogen-bond acceptors (Lipinski definition) is 4. The van der Waals surface area contributed by atoms with Crippen molar-refractivity contribution in [2.45, 2.75) is 19.4 Å². The second-order valence-electron chi connectivity index (χ2n) is 4.52. The Bertz CT molecular complexity index is 339. The van der Waals surface area contributed by atoms with E-state index in [1.165, 1.54) is 0 Å². The Balaban J connectivity index is 2.42. The van der Waals surface area contributed by atoms with Crippen molar-refractivity contribution in [1.29, 1.82) is 0 Å². The largest absolute Gasteiger partial charge is 0.508 e. The molecule has 0 saturated heterocycles. The number of aromatic hydroxyl groups is 1. The third-order valence-corrected chi connectivity index (χ3v) is 2.16. The molecular formula is C13H21NO3. The lowest BCUT2D eigenvalue weighted by Crippen LogP contribution is -2.35. The number of rotatable bonds is 7. The van der Waals surface area contributed by atoms with Crippen LogP contribution in [0.15, 0.2) is 24.3 Å². The van der Waals surface area contributed by atoms with E-state index in [0.717, 1.165) is 6.54 Å². The Labute approximate surface area is 103 Å². The molecular weight excluding hydrogens is 218 g/mol. The summed E-state index contributed by atoms with van der Waals surface area (Å²) in [5, 5.41) is 12.3. The molecule has 0 aliphatic rings. The first-order chi connectivity index (χ1) is 8.03. The first kappa shape index (κ1) is 13.8. The molecule has 4 heteroatoms. The van der Waals surface area contributed by atoms with Gasteiger partial charge in [0.15, 0.2) is 0 Å². The van der Waals surface area contributed by atoms with Crippen LogP contribution in [0.1, 0.15) is 13.8 Å². The molecule has 0 aliphatic carbocycles. The summed E-state index contributed by atoms with van der Waals surface area (Å²) in [5.41, 5.74) is -0.415. The first-order valence-corrected chi connectivity index (χ1v) is 5.74. The van der Waals surface area contributed by atoms with Gasteiger partial charge in [0, 0.05) is 12.6 Å². The van der Waals surface area contributed by atoms with Gasteiger partial charge in [-0.3, -0.25) is 0 Å². The molecule has 0 saturated carbocycles. The number of hydrogen-bond donors (Lipinski definition) is 2. The van der Waals surface area contributed by atoms with E-state index >= 15 is 0 Å². The van der Waals surface area contributed by atoms with E-state index in [4.69, 9.17) is 9.47 Å². The SMILES string of the molecule is CNCCOCC(C)(C)Oc1cccc(O)c1. The minimum atomic E-state index is -0.415. The molecule has 1 aromatic carbocycles. The standard InChI is InChI=1S/C13H21NO3/c1-13(2,10-16-8-7-14-3)17-12-6-4-5-11(15)9-12/h4-6,9,14-15H,7-8,10H2,1-3H3. The highest BCUT2D eigenvalue weighted by Crippen LogP contribution is 2.22. The van der Waals surface area contributed by atoms with Gasteiger partial charge in [-0.1, -0.05) is 6.07 Å². The lowest BCUT2D eigenvalue weighted by molar-refractivity contribution is -0.00190. The topological polar surface area (TPSA) is 50.7 Å². The summed E-state index contributed by atoms with van der Waals surface area (Å²) in [6, 6.07) is 6.77. The smallest absolute Gasteiger partial charge is 0.127 e. The van der Waals surface area contributed by atoms with E-state index in [9.17, 15) is 5.11 Å². The van der Waals surface area contributed by atoms with E-state index in [1.54, 1.807) is 18.2 Å². The van der Waals surface area contributed by atoms with Gasteiger partial charge in [-0.25, -0.2) is 0 Å². The lowest BCUT2D eigenvalue weighted by atomic mass is 10.1. The second-order valence-corrected chi connectivity index (χ2v) is 4.52. The fourth-order valence-electron chi connectivity index (χ4n) is 1.39. The molecule has 1 rings (SSSR count). The van der Waals surface area contributed by atoms with Crippen molar-refractivity contribution in [3.05, 3.63) is 24.3 Å². The normalized spacial score (nSPS) is 11.5. The summed E-state index contributed by atoms with van der Waals surface area (Å²) in [5.74, 6) is 0.849. The number of phenols is 1. The van der Waals surface area contributed by atoms with Crippen LogP contribution in [-0.2, 0) is 4.74 Å². The fourth-order valence-corrected chi connectivity index (χ4v) is 1.39. The third-order valence-electron chi connectivity index (χ3n) is 2.16. The van der Waals surface area contributed by atoms with Gasteiger partial charge in [0.05, 0.1) is 13.2 Å². The Kier molecular flexibility index (Phi) is 5.25. The molecule has 2 N–H and O–H groups in total. The van der Waals surface area contributed by atoms with Crippen LogP contribution in [0.25, 0.3) is 0 Å². The van der Waals surface area contributed by atoms with Gasteiger partial charge in [0.1, 0.15) is 17.1 Å². The molecule has 4 nitrogen and oxygen atoms in total. The number of likely N-dealkylation sites (N-methyl/N-ethyl adjacent to an activating group) is 1. The van der Waals surface area contributed by atoms with E-state index in [-0.39, 0.29) is 5.75 Å². The van der Waals surface area contributed by atoms with E-state index in [0.29, 0.717) is 19.0 Å². The second kappa shape index (κ2) is 6.47. The Hall–Kier alpha value is -1.26. The fraction of sp³-hybridized carbons (Fsp3) is 0.538. The summed E-state index contributed by atoms with van der Waals surface area (Å²) >= 11 is 0. The van der Waals surface area contributed by atoms with Crippen LogP contribution in [0.5, 0.6) is 11.5 Å². The first-order valence-electron chi connectivity index (χ1n) is 5.74. The highest BCUT2D eigenvalue weighted by Gasteiger charge is 2.20. The average molecular weight is 239 g/mol. The monoisotopic (exact) mass is 239 g/mol. The van der Waals surface area contributed by atoms with Crippen molar-refractivity contribution in [2.75, 3.05) is 26.8 Å². The van der Waals surface area contributed by atoms with Gasteiger partial charge in [0.2, 0.25) is 0 Å². The van der Waals surface area contributed by atoms with Crippen LogP contribution in [0.4, 0.5) is 0 Å². The van der Waals surface area contributed by atoms with Crippen LogP contribution in [-0.4, -0.2) is 37.5 Å². The molecule has 0 amide bonds. The highest BCUT2D eigenvalue weighted by atomic mass is 16.5. The molecule has 17 heavy (non-hydrogen) atoms. The van der Waals surface area contributed by atoms with Gasteiger partial charge in [-0.15, -0.1) is 0 Å². The molecule has 0 radical (unpaired) electrons. The van der Waals surface area contributed by atoms with Gasteiger partial charge < -0.3 is 19.9 Å². The predicted octanol–water partition coefficient (Wildman–Crippen LogP) is 1.79. The van der Waals surface area contributed by atoms with Gasteiger partial charge in [-0.05, 0) is 33.0 Å². The number of nitrogens with one attached hydrogen (secondary N) is 1. The van der Waals surface area contributed by atoms with Crippen LogP contribution in [0.2, 0.25) is 0 Å². The number of benzene rings is 1. The van der Waals surface area contributed by atoms with E-state index < -0.39 is 5.60 Å². The molecule has 0 heterocycles. The predicted molar refractivity (Wildman–Crippen MR) is 67.6 cm³/mol. The van der Waals surface area contributed by atoms with Crippen LogP contribution < -0.4 is 10.1 Å². The summed E-state index contributed by atoms with van der Waals surface area (Å²) in [4.78, 5) is 0. The number of ether oxygens (including phenoxy) is 2. The minimum absolute atomic E-state index is 0.203. The molecule has 0 aliphatic heterocycles. The zero-order valence-electron chi connectivity index (χ0n) is 10.7. The minimum Gasteiger partial charge on any atom is -0.508 e. The van der Waals surface area contributed by atoms with Crippen molar-refractivity contribution < 1.29 is 14.6 Å². The van der Waals surface area contributed by atoms with Crippen molar-refractivity contribution in [3.63, 3.8) is 0 Å². The van der Waals surface area contributed by atoms with Crippen LogP contribution in [0.3, 0.4) is 0 Å². The molecule has 0 spiro atoms. The molecule has 0 fully saturated rings. The molecule has 0 bridgehead atoms. The zero-order chi connectivity index (χ0) is 12.7. The zero-order valence-corrected chi connectivity index (χ0v) is 10.7. The maximum absolute atomic E-state index is 9.34. The van der Waals surface area contributed by atoms with Gasteiger partial charge in [-0.2, -0.15) is 0 Å². The lowest BCUT2D eigenvalue weighted by Gasteiger charge is -2.26. The summed E-state index contributed by atoms with van der Waals surface area (Å²) in [6.07, 6.45) is 0. The van der Waals surface area contributed by atoms with Crippen molar-refractivity contribution >= 4 is 0 Å². The molecule has 96 valence electrons. The highest BCUT2D eigenvalue weighted by molar-refractivity contribution is 5.32. The van der Waals surface area contributed by atoms with Gasteiger partial charge >= 0.3 is 0 Å². The molecule has 0 atom stereocenters. The Morgan fingerprint density at radius 1 is 1.35 bits per heavy atom. The van der Waals surface area contributed by atoms with Crippen molar-refractivity contribution in [1.82, 2.24) is 5.32 Å². The van der Waals surface area contributed by atoms with Gasteiger partial charge in [0.25, 0.3) is 0 Å². The van der Waals surface area contributed by atoms with Crippen molar-refractivity contribution in [2.24, 2.45) is 0 Å². The van der Waals surface area contributed by atoms with Crippen LogP contribution in [0, 0.1) is 0 Å². The molecule has 0 unspecified atom stereocenters. The maximum Gasteiger partial charge on any atom is 0.127 e. The van der Waals surface area contributed by atoms with E-state index in [1.807, 2.05) is 27.0 Å². The Morgan fingerprint density at radius 3 is 2.76 bits per heavy atom. The summed E-state index contributed by atoms with van der Waals surface area (Å²) in [6.45, 7) is 5.89. The van der Waals surface area contributed by atoms with E-state index in [2.05, 4.69) is 5.32 Å². The third kappa shape index (κ3) is 5.56. The summed E-state index contributed by atoms with van der Waals surface area (Å²) in [7, 11) is 1.89. The Morgan fingerprint density at radius 2 is 2.12 bits per heavy atom. The van der Waals surface area contributed by atoms with Crippen molar-refractivity contribution in [3.8, 4) is 11.5 Å². The molecule has 1 aromatic rings. The average Bonchev–Trinajstić information content (AvgIpc) is 2.24. The quantitative estimate of drug-likeness (QED) is 0.712. The summed E-state index contributed by atoms with van der Waals surface area (Å²) < 4.78 is 11.2. The maximum atomic E-state index is 9.34. The number of phenolic OH excluding ortho intramolecular Hbond substituents is 1.